The van der Waals surface area contributed by atoms with Gasteiger partial charge >= 0.3 is 0 Å². The van der Waals surface area contributed by atoms with Gasteiger partial charge in [-0.2, -0.15) is 0 Å². The second-order valence-corrected chi connectivity index (χ2v) is 9.84. The van der Waals surface area contributed by atoms with E-state index in [4.69, 9.17) is 0 Å². The van der Waals surface area contributed by atoms with Gasteiger partial charge in [-0.1, -0.05) is 85.8 Å². The van der Waals surface area contributed by atoms with Crippen molar-refractivity contribution in [1.82, 2.24) is 5.32 Å². The highest BCUT2D eigenvalue weighted by Gasteiger charge is 2.21. The number of sulfonamides is 1. The Morgan fingerprint density at radius 2 is 1.50 bits per heavy atom. The Kier molecular flexibility index (Phi) is 8.06. The van der Waals surface area contributed by atoms with Gasteiger partial charge in [-0.05, 0) is 29.5 Å². The Labute approximate surface area is 191 Å². The molecule has 5 nitrogen and oxygen atoms in total. The van der Waals surface area contributed by atoms with Crippen molar-refractivity contribution in [3.8, 4) is 11.1 Å². The van der Waals surface area contributed by atoms with Crippen LogP contribution in [-0.2, 0) is 14.8 Å². The molecule has 0 fully saturated rings. The number of nitrogens with zero attached hydrogens (tertiary/aromatic N) is 1. The van der Waals surface area contributed by atoms with E-state index in [-0.39, 0.29) is 24.8 Å². The topological polar surface area (TPSA) is 66.5 Å². The summed E-state index contributed by atoms with van der Waals surface area (Å²) in [5, 5.41) is 2.96. The van der Waals surface area contributed by atoms with E-state index in [2.05, 4.69) is 12.2 Å². The third kappa shape index (κ3) is 6.44. The first-order valence-electron chi connectivity index (χ1n) is 10.8. The van der Waals surface area contributed by atoms with E-state index in [1.54, 1.807) is 0 Å². The first-order valence-corrected chi connectivity index (χ1v) is 12.6. The lowest BCUT2D eigenvalue weighted by Gasteiger charge is -2.25. The molecular weight excluding hydrogens is 420 g/mol. The lowest BCUT2D eigenvalue weighted by atomic mass is 10.0. The summed E-state index contributed by atoms with van der Waals surface area (Å²) in [7, 11) is -3.51. The fraction of sp³-hybridized carbons (Fsp3) is 0.269. The number of anilines is 1. The van der Waals surface area contributed by atoms with Crippen LogP contribution < -0.4 is 9.62 Å². The van der Waals surface area contributed by atoms with Crippen LogP contribution in [0.1, 0.15) is 31.2 Å². The van der Waals surface area contributed by atoms with Crippen LogP contribution in [0.4, 0.5) is 5.69 Å². The monoisotopic (exact) mass is 450 g/mol. The number of hydrogen-bond acceptors (Lipinski definition) is 3. The molecule has 0 saturated heterocycles. The van der Waals surface area contributed by atoms with Crippen molar-refractivity contribution >= 4 is 21.6 Å². The summed E-state index contributed by atoms with van der Waals surface area (Å²) in [6, 6.07) is 27.2. The number of amides is 1. The molecule has 0 aliphatic rings. The largest absolute Gasteiger partial charge is 0.356 e. The number of benzene rings is 3. The Hall–Kier alpha value is -3.12. The quantitative estimate of drug-likeness (QED) is 0.482. The second kappa shape index (κ2) is 11.0. The molecule has 0 spiro atoms. The molecule has 0 heterocycles. The minimum Gasteiger partial charge on any atom is -0.356 e. The van der Waals surface area contributed by atoms with Crippen molar-refractivity contribution in [2.24, 2.45) is 0 Å². The number of carbonyl (C=O) groups is 1. The first kappa shape index (κ1) is 23.5. The van der Waals surface area contributed by atoms with Gasteiger partial charge in [-0.25, -0.2) is 8.42 Å². The van der Waals surface area contributed by atoms with Gasteiger partial charge in [0.05, 0.1) is 11.9 Å². The van der Waals surface area contributed by atoms with Crippen molar-refractivity contribution in [2.75, 3.05) is 23.7 Å². The van der Waals surface area contributed by atoms with Gasteiger partial charge in [-0.15, -0.1) is 0 Å². The highest BCUT2D eigenvalue weighted by molar-refractivity contribution is 7.92. The normalized spacial score (nSPS) is 12.2. The number of nitrogens with one attached hydrogen (secondary N) is 1. The molecule has 1 amide bonds. The SMILES string of the molecule is C[C@H](CNC(=O)CCCN(c1ccccc1-c1ccccc1)S(C)(=O)=O)c1ccccc1. The Morgan fingerprint density at radius 3 is 2.16 bits per heavy atom. The number of para-hydroxylation sites is 1. The average Bonchev–Trinajstić information content (AvgIpc) is 2.80. The van der Waals surface area contributed by atoms with Gasteiger partial charge < -0.3 is 5.32 Å². The van der Waals surface area contributed by atoms with E-state index >= 15 is 0 Å². The zero-order chi connectivity index (χ0) is 23.0. The van der Waals surface area contributed by atoms with Crippen LogP contribution in [0.15, 0.2) is 84.9 Å². The summed E-state index contributed by atoms with van der Waals surface area (Å²) >= 11 is 0. The smallest absolute Gasteiger partial charge is 0.232 e. The predicted molar refractivity (Wildman–Crippen MR) is 131 cm³/mol. The van der Waals surface area contributed by atoms with E-state index < -0.39 is 10.0 Å². The highest BCUT2D eigenvalue weighted by Crippen LogP contribution is 2.32. The van der Waals surface area contributed by atoms with Crippen LogP contribution in [-0.4, -0.2) is 33.7 Å². The Balaban J connectivity index is 1.63. The van der Waals surface area contributed by atoms with Crippen LogP contribution in [0, 0.1) is 0 Å². The maximum absolute atomic E-state index is 12.6. The van der Waals surface area contributed by atoms with Gasteiger partial charge in [0, 0.05) is 25.1 Å². The number of hydrogen-bond donors (Lipinski definition) is 1. The molecule has 168 valence electrons. The molecule has 0 radical (unpaired) electrons. The van der Waals surface area contributed by atoms with Crippen molar-refractivity contribution in [3.05, 3.63) is 90.5 Å². The van der Waals surface area contributed by atoms with Gasteiger partial charge in [0.2, 0.25) is 15.9 Å². The van der Waals surface area contributed by atoms with Crippen molar-refractivity contribution in [3.63, 3.8) is 0 Å². The van der Waals surface area contributed by atoms with E-state index in [0.717, 1.165) is 11.1 Å². The van der Waals surface area contributed by atoms with Crippen LogP contribution in [0.2, 0.25) is 0 Å². The molecule has 32 heavy (non-hydrogen) atoms. The van der Waals surface area contributed by atoms with Crippen molar-refractivity contribution in [1.29, 1.82) is 0 Å². The van der Waals surface area contributed by atoms with E-state index in [1.165, 1.54) is 16.1 Å². The van der Waals surface area contributed by atoms with Gasteiger partial charge in [0.25, 0.3) is 0 Å². The predicted octanol–water partition coefficient (Wildman–Crippen LogP) is 4.82. The van der Waals surface area contributed by atoms with E-state index in [1.807, 2.05) is 84.9 Å². The van der Waals surface area contributed by atoms with Gasteiger partial charge in [0.1, 0.15) is 0 Å². The maximum atomic E-state index is 12.6. The van der Waals surface area contributed by atoms with Gasteiger partial charge in [0.15, 0.2) is 0 Å². The molecule has 3 aromatic carbocycles. The second-order valence-electron chi connectivity index (χ2n) is 7.94. The molecule has 0 aliphatic heterocycles. The molecule has 0 bridgehead atoms. The Morgan fingerprint density at radius 1 is 0.906 bits per heavy atom. The molecule has 0 aromatic heterocycles. The molecule has 0 saturated carbocycles. The molecule has 6 heteroatoms. The molecule has 3 rings (SSSR count). The van der Waals surface area contributed by atoms with E-state index in [0.29, 0.717) is 18.7 Å². The zero-order valence-electron chi connectivity index (χ0n) is 18.6. The van der Waals surface area contributed by atoms with E-state index in [9.17, 15) is 13.2 Å². The molecule has 0 aliphatic carbocycles. The standard InChI is InChI=1S/C26H30N2O3S/c1-21(22-12-5-3-6-13-22)20-27-26(29)18-11-19-28(32(2,30)31)25-17-10-9-16-24(25)23-14-7-4-8-15-23/h3-10,12-17,21H,11,18-20H2,1-2H3,(H,27,29)/t21-/m1/s1. The highest BCUT2D eigenvalue weighted by atomic mass is 32.2. The fourth-order valence-electron chi connectivity index (χ4n) is 3.66. The first-order chi connectivity index (χ1) is 15.4. The van der Waals surface area contributed by atoms with Crippen molar-refractivity contribution < 1.29 is 13.2 Å². The maximum Gasteiger partial charge on any atom is 0.232 e. The average molecular weight is 451 g/mol. The zero-order valence-corrected chi connectivity index (χ0v) is 19.4. The molecular formula is C26H30N2O3S. The Bertz CT molecular complexity index is 1120. The van der Waals surface area contributed by atoms with Crippen LogP contribution in [0.5, 0.6) is 0 Å². The summed E-state index contributed by atoms with van der Waals surface area (Å²) in [5.41, 5.74) is 3.59. The van der Waals surface area contributed by atoms with Crippen LogP contribution in [0.3, 0.4) is 0 Å². The molecule has 0 unspecified atom stereocenters. The number of carbonyl (C=O) groups excluding carboxylic acids is 1. The summed E-state index contributed by atoms with van der Waals surface area (Å²) in [5.74, 6) is 0.142. The van der Waals surface area contributed by atoms with Crippen molar-refractivity contribution in [2.45, 2.75) is 25.7 Å². The minimum atomic E-state index is -3.51. The third-order valence-corrected chi connectivity index (χ3v) is 6.58. The summed E-state index contributed by atoms with van der Waals surface area (Å²) in [4.78, 5) is 12.4. The lowest BCUT2D eigenvalue weighted by molar-refractivity contribution is -0.121. The fourth-order valence-corrected chi connectivity index (χ4v) is 4.63. The van der Waals surface area contributed by atoms with Crippen LogP contribution in [0.25, 0.3) is 11.1 Å². The molecule has 3 aromatic rings. The van der Waals surface area contributed by atoms with Crippen LogP contribution >= 0.6 is 0 Å². The third-order valence-electron chi connectivity index (χ3n) is 5.40. The molecule has 1 atom stereocenters. The summed E-state index contributed by atoms with van der Waals surface area (Å²) in [6.07, 6.45) is 1.90. The minimum absolute atomic E-state index is 0.0717. The number of rotatable bonds is 10. The summed E-state index contributed by atoms with van der Waals surface area (Å²) < 4.78 is 26.6. The molecule has 1 N–H and O–H groups in total. The summed E-state index contributed by atoms with van der Waals surface area (Å²) in [6.45, 7) is 2.86. The van der Waals surface area contributed by atoms with Gasteiger partial charge in [-0.3, -0.25) is 9.10 Å². The lowest BCUT2D eigenvalue weighted by Crippen LogP contribution is -2.33.